The van der Waals surface area contributed by atoms with Gasteiger partial charge in [0, 0.05) is 31.0 Å². The number of rotatable bonds is 4. The first-order valence-corrected chi connectivity index (χ1v) is 8.76. The minimum absolute atomic E-state index is 0.228. The third-order valence-corrected chi connectivity index (χ3v) is 4.46. The van der Waals surface area contributed by atoms with Gasteiger partial charge in [-0.15, -0.1) is 0 Å². The van der Waals surface area contributed by atoms with E-state index in [1.54, 1.807) is 12.1 Å². The summed E-state index contributed by atoms with van der Waals surface area (Å²) in [4.78, 5) is 2.43. The summed E-state index contributed by atoms with van der Waals surface area (Å²) in [6.45, 7) is 2.85. The van der Waals surface area contributed by atoms with Crippen molar-refractivity contribution in [2.24, 2.45) is 0 Å². The Labute approximate surface area is 147 Å². The van der Waals surface area contributed by atoms with E-state index in [0.29, 0.717) is 11.7 Å². The van der Waals surface area contributed by atoms with Crippen LogP contribution < -0.4 is 15.5 Å². The largest absolute Gasteiger partial charge is 0.372 e. The molecule has 126 valence electrons. The Morgan fingerprint density at radius 2 is 1.62 bits per heavy atom. The molecule has 0 aromatic heterocycles. The standard InChI is InChI=1S/C19H22FN3S/c20-16-6-4-15(5-7-16)14-21-19(24)22-17-8-10-18(11-9-17)23-12-2-1-3-13-23/h4-11H,1-3,12-14H2,(H2,21,22,24). The van der Waals surface area contributed by atoms with Crippen LogP contribution in [0.15, 0.2) is 48.5 Å². The fourth-order valence-corrected chi connectivity index (χ4v) is 3.06. The van der Waals surface area contributed by atoms with Crippen LogP contribution in [-0.2, 0) is 6.54 Å². The highest BCUT2D eigenvalue weighted by Gasteiger charge is 2.10. The summed E-state index contributed by atoms with van der Waals surface area (Å²) in [6.07, 6.45) is 3.89. The molecule has 3 nitrogen and oxygen atoms in total. The average Bonchev–Trinajstić information content (AvgIpc) is 2.63. The second-order valence-electron chi connectivity index (χ2n) is 6.03. The first-order valence-electron chi connectivity index (χ1n) is 8.35. The van der Waals surface area contributed by atoms with E-state index in [4.69, 9.17) is 12.2 Å². The van der Waals surface area contributed by atoms with Gasteiger partial charge in [0.2, 0.25) is 0 Å². The number of benzene rings is 2. The molecule has 2 N–H and O–H groups in total. The highest BCUT2D eigenvalue weighted by Crippen LogP contribution is 2.21. The SMILES string of the molecule is Fc1ccc(CNC(=S)Nc2ccc(N3CCCCC3)cc2)cc1. The molecule has 1 aliphatic heterocycles. The van der Waals surface area contributed by atoms with Crippen molar-refractivity contribution >= 4 is 28.7 Å². The molecule has 5 heteroatoms. The topological polar surface area (TPSA) is 27.3 Å². The quantitative estimate of drug-likeness (QED) is 0.809. The number of nitrogens with zero attached hydrogens (tertiary/aromatic N) is 1. The molecule has 0 bridgehead atoms. The van der Waals surface area contributed by atoms with Gasteiger partial charge in [-0.1, -0.05) is 12.1 Å². The fourth-order valence-electron chi connectivity index (χ4n) is 2.87. The number of nitrogens with one attached hydrogen (secondary N) is 2. The zero-order valence-electron chi connectivity index (χ0n) is 13.6. The molecule has 1 heterocycles. The molecule has 0 radical (unpaired) electrons. The van der Waals surface area contributed by atoms with Crippen LogP contribution >= 0.6 is 12.2 Å². The van der Waals surface area contributed by atoms with Crippen LogP contribution in [0.2, 0.25) is 0 Å². The molecule has 0 saturated carbocycles. The molecular formula is C19H22FN3S. The summed E-state index contributed by atoms with van der Waals surface area (Å²) in [5, 5.41) is 6.87. The normalized spacial score (nSPS) is 14.3. The minimum Gasteiger partial charge on any atom is -0.372 e. The number of hydrogen-bond acceptors (Lipinski definition) is 2. The number of halogens is 1. The Morgan fingerprint density at radius 1 is 0.958 bits per heavy atom. The van der Waals surface area contributed by atoms with Crippen molar-refractivity contribution in [2.45, 2.75) is 25.8 Å². The minimum atomic E-state index is -0.228. The predicted octanol–water partition coefficient (Wildman–Crippen LogP) is 4.30. The Kier molecular flexibility index (Phi) is 5.64. The lowest BCUT2D eigenvalue weighted by atomic mass is 10.1. The zero-order chi connectivity index (χ0) is 16.8. The first kappa shape index (κ1) is 16.7. The second-order valence-corrected chi connectivity index (χ2v) is 6.44. The average molecular weight is 343 g/mol. The van der Waals surface area contributed by atoms with Gasteiger partial charge in [-0.25, -0.2) is 4.39 Å². The van der Waals surface area contributed by atoms with E-state index >= 15 is 0 Å². The maximum absolute atomic E-state index is 12.9. The van der Waals surface area contributed by atoms with Gasteiger partial charge in [-0.2, -0.15) is 0 Å². The van der Waals surface area contributed by atoms with Gasteiger partial charge in [0.15, 0.2) is 5.11 Å². The number of piperidine rings is 1. The number of anilines is 2. The summed E-state index contributed by atoms with van der Waals surface area (Å²) >= 11 is 5.31. The molecule has 3 rings (SSSR count). The summed E-state index contributed by atoms with van der Waals surface area (Å²) in [7, 11) is 0. The van der Waals surface area contributed by atoms with Crippen molar-refractivity contribution < 1.29 is 4.39 Å². The van der Waals surface area contributed by atoms with E-state index < -0.39 is 0 Å². The summed E-state index contributed by atoms with van der Waals surface area (Å²) < 4.78 is 12.9. The fraction of sp³-hybridized carbons (Fsp3) is 0.316. The summed E-state index contributed by atoms with van der Waals surface area (Å²) in [5.74, 6) is -0.228. The van der Waals surface area contributed by atoms with Crippen molar-refractivity contribution in [3.8, 4) is 0 Å². The van der Waals surface area contributed by atoms with E-state index in [9.17, 15) is 4.39 Å². The smallest absolute Gasteiger partial charge is 0.171 e. The molecule has 24 heavy (non-hydrogen) atoms. The van der Waals surface area contributed by atoms with Gasteiger partial charge in [0.1, 0.15) is 5.82 Å². The Balaban J connectivity index is 1.49. The van der Waals surface area contributed by atoms with E-state index in [0.717, 1.165) is 24.3 Å². The van der Waals surface area contributed by atoms with E-state index in [1.807, 2.05) is 0 Å². The molecule has 2 aromatic rings. The Bertz CT molecular complexity index is 664. The Morgan fingerprint density at radius 3 is 2.29 bits per heavy atom. The maximum Gasteiger partial charge on any atom is 0.171 e. The van der Waals surface area contributed by atoms with Crippen LogP contribution in [0, 0.1) is 5.82 Å². The lowest BCUT2D eigenvalue weighted by Gasteiger charge is -2.28. The van der Waals surface area contributed by atoms with Crippen LogP contribution in [0.4, 0.5) is 15.8 Å². The third-order valence-electron chi connectivity index (χ3n) is 4.21. The predicted molar refractivity (Wildman–Crippen MR) is 102 cm³/mol. The molecule has 0 unspecified atom stereocenters. The van der Waals surface area contributed by atoms with Gasteiger partial charge < -0.3 is 15.5 Å². The molecule has 0 spiro atoms. The summed E-state index contributed by atoms with van der Waals surface area (Å²) in [6, 6.07) is 14.8. The van der Waals surface area contributed by atoms with Crippen molar-refractivity contribution in [3.63, 3.8) is 0 Å². The highest BCUT2D eigenvalue weighted by molar-refractivity contribution is 7.80. The first-order chi connectivity index (χ1) is 11.7. The van der Waals surface area contributed by atoms with Gasteiger partial charge in [-0.3, -0.25) is 0 Å². The monoisotopic (exact) mass is 343 g/mol. The van der Waals surface area contributed by atoms with Crippen molar-refractivity contribution in [1.82, 2.24) is 5.32 Å². The highest BCUT2D eigenvalue weighted by atomic mass is 32.1. The van der Waals surface area contributed by atoms with Crippen molar-refractivity contribution in [1.29, 1.82) is 0 Å². The molecule has 0 atom stereocenters. The second kappa shape index (κ2) is 8.11. The van der Waals surface area contributed by atoms with Crippen LogP contribution in [0.3, 0.4) is 0 Å². The van der Waals surface area contributed by atoms with Gasteiger partial charge >= 0.3 is 0 Å². The molecular weight excluding hydrogens is 321 g/mol. The zero-order valence-corrected chi connectivity index (χ0v) is 14.4. The Hall–Kier alpha value is -2.14. The van der Waals surface area contributed by atoms with Crippen LogP contribution in [-0.4, -0.2) is 18.2 Å². The number of hydrogen-bond donors (Lipinski definition) is 2. The molecule has 2 aromatic carbocycles. The number of thiocarbonyl (C=S) groups is 1. The maximum atomic E-state index is 12.9. The van der Waals surface area contributed by atoms with Crippen LogP contribution in [0.5, 0.6) is 0 Å². The van der Waals surface area contributed by atoms with Crippen LogP contribution in [0.25, 0.3) is 0 Å². The van der Waals surface area contributed by atoms with Gasteiger partial charge in [0.05, 0.1) is 0 Å². The third kappa shape index (κ3) is 4.68. The lowest BCUT2D eigenvalue weighted by Crippen LogP contribution is -2.29. The molecule has 1 fully saturated rings. The van der Waals surface area contributed by atoms with E-state index in [2.05, 4.69) is 39.8 Å². The molecule has 1 aliphatic rings. The van der Waals surface area contributed by atoms with Crippen molar-refractivity contribution in [2.75, 3.05) is 23.3 Å². The summed E-state index contributed by atoms with van der Waals surface area (Å²) in [5.41, 5.74) is 3.22. The van der Waals surface area contributed by atoms with Gasteiger partial charge in [-0.05, 0) is 73.4 Å². The van der Waals surface area contributed by atoms with Crippen LogP contribution in [0.1, 0.15) is 24.8 Å². The molecule has 1 saturated heterocycles. The molecule has 0 amide bonds. The van der Waals surface area contributed by atoms with Gasteiger partial charge in [0.25, 0.3) is 0 Å². The van der Waals surface area contributed by atoms with Crippen molar-refractivity contribution in [3.05, 3.63) is 59.9 Å². The van der Waals surface area contributed by atoms with E-state index in [1.165, 1.54) is 37.1 Å². The lowest BCUT2D eigenvalue weighted by molar-refractivity contribution is 0.578. The van der Waals surface area contributed by atoms with E-state index in [-0.39, 0.29) is 5.82 Å². The molecule has 0 aliphatic carbocycles.